The molecular formula is C11H18N2O. The lowest BCUT2D eigenvalue weighted by Gasteiger charge is -2.07. The summed E-state index contributed by atoms with van der Waals surface area (Å²) in [6, 6.07) is 0. The first kappa shape index (κ1) is 9.71. The van der Waals surface area contributed by atoms with Gasteiger partial charge in [0.25, 0.3) is 0 Å². The molecule has 1 aliphatic rings. The second kappa shape index (κ2) is 3.73. The van der Waals surface area contributed by atoms with E-state index in [4.69, 9.17) is 0 Å². The molecule has 14 heavy (non-hydrogen) atoms. The van der Waals surface area contributed by atoms with E-state index >= 15 is 0 Å². The molecule has 2 rings (SSSR count). The van der Waals surface area contributed by atoms with E-state index in [0.717, 1.165) is 18.8 Å². The molecule has 1 aliphatic carbocycles. The summed E-state index contributed by atoms with van der Waals surface area (Å²) in [4.78, 5) is 0. The van der Waals surface area contributed by atoms with Gasteiger partial charge in [0.1, 0.15) is 0 Å². The Morgan fingerprint density at radius 2 is 2.43 bits per heavy atom. The van der Waals surface area contributed by atoms with Crippen LogP contribution in [-0.4, -0.2) is 21.0 Å². The van der Waals surface area contributed by atoms with Gasteiger partial charge in [0, 0.05) is 13.2 Å². The van der Waals surface area contributed by atoms with E-state index in [2.05, 4.69) is 12.0 Å². The molecule has 1 saturated carbocycles. The summed E-state index contributed by atoms with van der Waals surface area (Å²) in [7, 11) is 1.92. The minimum Gasteiger partial charge on any atom is -0.393 e. The second-order valence-electron chi connectivity index (χ2n) is 4.51. The van der Waals surface area contributed by atoms with Gasteiger partial charge in [-0.1, -0.05) is 6.92 Å². The van der Waals surface area contributed by atoms with Gasteiger partial charge in [0.15, 0.2) is 0 Å². The molecular weight excluding hydrogens is 176 g/mol. The molecule has 0 radical (unpaired) electrons. The van der Waals surface area contributed by atoms with Crippen LogP contribution in [0.2, 0.25) is 0 Å². The van der Waals surface area contributed by atoms with Crippen LogP contribution in [0.5, 0.6) is 0 Å². The Labute approximate surface area is 84.7 Å². The number of hydrogen-bond acceptors (Lipinski definition) is 2. The standard InChI is InChI=1S/C11H18N2O/c1-8-5-10(8)11(14)4-3-9-6-12-13(2)7-9/h6-8,10-11,14H,3-5H2,1-2H3. The predicted molar refractivity (Wildman–Crippen MR) is 54.8 cm³/mol. The minimum absolute atomic E-state index is 0.106. The summed E-state index contributed by atoms with van der Waals surface area (Å²) in [5.41, 5.74) is 1.22. The van der Waals surface area contributed by atoms with E-state index in [-0.39, 0.29) is 6.10 Å². The van der Waals surface area contributed by atoms with Crippen LogP contribution < -0.4 is 0 Å². The second-order valence-corrected chi connectivity index (χ2v) is 4.51. The summed E-state index contributed by atoms with van der Waals surface area (Å²) in [6.45, 7) is 2.21. The van der Waals surface area contributed by atoms with E-state index in [9.17, 15) is 5.11 Å². The maximum absolute atomic E-state index is 9.80. The first-order chi connectivity index (χ1) is 6.66. The third-order valence-electron chi connectivity index (χ3n) is 3.15. The molecule has 1 aromatic heterocycles. The summed E-state index contributed by atoms with van der Waals surface area (Å²) in [6.07, 6.45) is 6.81. The quantitative estimate of drug-likeness (QED) is 0.786. The molecule has 0 aromatic carbocycles. The lowest BCUT2D eigenvalue weighted by atomic mass is 10.1. The summed E-state index contributed by atoms with van der Waals surface area (Å²) < 4.78 is 1.81. The van der Waals surface area contributed by atoms with E-state index in [0.29, 0.717) is 5.92 Å². The van der Waals surface area contributed by atoms with Crippen LogP contribution in [0.4, 0.5) is 0 Å². The van der Waals surface area contributed by atoms with Gasteiger partial charge >= 0.3 is 0 Å². The first-order valence-corrected chi connectivity index (χ1v) is 5.32. The zero-order valence-electron chi connectivity index (χ0n) is 8.85. The van der Waals surface area contributed by atoms with Gasteiger partial charge in [-0.25, -0.2) is 0 Å². The third-order valence-corrected chi connectivity index (χ3v) is 3.15. The van der Waals surface area contributed by atoms with Crippen molar-refractivity contribution in [1.29, 1.82) is 0 Å². The van der Waals surface area contributed by atoms with Gasteiger partial charge in [-0.3, -0.25) is 4.68 Å². The summed E-state index contributed by atoms with van der Waals surface area (Å²) in [5.74, 6) is 1.30. The van der Waals surface area contributed by atoms with Crippen molar-refractivity contribution in [2.45, 2.75) is 32.3 Å². The highest BCUT2D eigenvalue weighted by Gasteiger charge is 2.38. The Kier molecular flexibility index (Phi) is 2.59. The average molecular weight is 194 g/mol. The van der Waals surface area contributed by atoms with Crippen molar-refractivity contribution >= 4 is 0 Å². The third kappa shape index (κ3) is 2.15. The number of rotatable bonds is 4. The molecule has 1 heterocycles. The van der Waals surface area contributed by atoms with Crippen molar-refractivity contribution < 1.29 is 5.11 Å². The molecule has 3 unspecified atom stereocenters. The molecule has 0 amide bonds. The van der Waals surface area contributed by atoms with Gasteiger partial charge < -0.3 is 5.11 Å². The molecule has 3 heteroatoms. The largest absolute Gasteiger partial charge is 0.393 e. The summed E-state index contributed by atoms with van der Waals surface area (Å²) in [5, 5.41) is 13.9. The van der Waals surface area contributed by atoms with Crippen molar-refractivity contribution in [3.63, 3.8) is 0 Å². The SMILES string of the molecule is CC1CC1C(O)CCc1cnn(C)c1. The molecule has 1 aromatic rings. The van der Waals surface area contributed by atoms with Gasteiger partial charge in [-0.15, -0.1) is 0 Å². The normalized spacial score (nSPS) is 27.6. The van der Waals surface area contributed by atoms with Crippen molar-refractivity contribution in [1.82, 2.24) is 9.78 Å². The molecule has 0 saturated heterocycles. The molecule has 0 bridgehead atoms. The predicted octanol–water partition coefficient (Wildman–Crippen LogP) is 1.37. The number of aromatic nitrogens is 2. The van der Waals surface area contributed by atoms with E-state index in [1.54, 1.807) is 0 Å². The van der Waals surface area contributed by atoms with Crippen molar-refractivity contribution in [2.75, 3.05) is 0 Å². The maximum Gasteiger partial charge on any atom is 0.0574 e. The summed E-state index contributed by atoms with van der Waals surface area (Å²) >= 11 is 0. The monoisotopic (exact) mass is 194 g/mol. The van der Waals surface area contributed by atoms with E-state index in [1.165, 1.54) is 12.0 Å². The van der Waals surface area contributed by atoms with E-state index in [1.807, 2.05) is 24.1 Å². The molecule has 1 fully saturated rings. The highest BCUT2D eigenvalue weighted by atomic mass is 16.3. The topological polar surface area (TPSA) is 38.1 Å². The average Bonchev–Trinajstić information content (AvgIpc) is 2.72. The van der Waals surface area contributed by atoms with Crippen LogP contribution in [0, 0.1) is 11.8 Å². The van der Waals surface area contributed by atoms with Crippen molar-refractivity contribution in [2.24, 2.45) is 18.9 Å². The van der Waals surface area contributed by atoms with Crippen LogP contribution in [-0.2, 0) is 13.5 Å². The number of aliphatic hydroxyl groups is 1. The molecule has 1 N–H and O–H groups in total. The maximum atomic E-state index is 9.80. The van der Waals surface area contributed by atoms with Gasteiger partial charge in [0.05, 0.1) is 12.3 Å². The van der Waals surface area contributed by atoms with Gasteiger partial charge in [-0.05, 0) is 36.7 Å². The fraction of sp³-hybridized carbons (Fsp3) is 0.727. The molecule has 3 atom stereocenters. The lowest BCUT2D eigenvalue weighted by Crippen LogP contribution is -2.11. The van der Waals surface area contributed by atoms with Crippen LogP contribution in [0.1, 0.15) is 25.3 Å². The van der Waals surface area contributed by atoms with Crippen LogP contribution in [0.25, 0.3) is 0 Å². The number of aliphatic hydroxyl groups excluding tert-OH is 1. The highest BCUT2D eigenvalue weighted by Crippen LogP contribution is 2.41. The van der Waals surface area contributed by atoms with E-state index < -0.39 is 0 Å². The Hall–Kier alpha value is -0.830. The molecule has 3 nitrogen and oxygen atoms in total. The fourth-order valence-electron chi connectivity index (χ4n) is 2.02. The number of aryl methyl sites for hydroxylation is 2. The highest BCUT2D eigenvalue weighted by molar-refractivity contribution is 5.04. The zero-order chi connectivity index (χ0) is 10.1. The fourth-order valence-corrected chi connectivity index (χ4v) is 2.02. The molecule has 78 valence electrons. The van der Waals surface area contributed by atoms with Gasteiger partial charge in [0.2, 0.25) is 0 Å². The number of hydrogen-bond donors (Lipinski definition) is 1. The Bertz CT molecular complexity index is 308. The number of nitrogens with zero attached hydrogens (tertiary/aromatic N) is 2. The van der Waals surface area contributed by atoms with Crippen LogP contribution in [0.3, 0.4) is 0 Å². The first-order valence-electron chi connectivity index (χ1n) is 5.32. The van der Waals surface area contributed by atoms with Crippen molar-refractivity contribution in [3.8, 4) is 0 Å². The Balaban J connectivity index is 1.77. The van der Waals surface area contributed by atoms with Crippen LogP contribution in [0.15, 0.2) is 12.4 Å². The smallest absolute Gasteiger partial charge is 0.0574 e. The van der Waals surface area contributed by atoms with Crippen molar-refractivity contribution in [3.05, 3.63) is 18.0 Å². The lowest BCUT2D eigenvalue weighted by molar-refractivity contribution is 0.136. The molecule has 0 aliphatic heterocycles. The zero-order valence-corrected chi connectivity index (χ0v) is 8.85. The molecule has 0 spiro atoms. The Morgan fingerprint density at radius 3 is 2.93 bits per heavy atom. The van der Waals surface area contributed by atoms with Crippen LogP contribution >= 0.6 is 0 Å². The Morgan fingerprint density at radius 1 is 1.71 bits per heavy atom. The minimum atomic E-state index is -0.106. The van der Waals surface area contributed by atoms with Gasteiger partial charge in [-0.2, -0.15) is 5.10 Å².